The zero-order chi connectivity index (χ0) is 14.4. The van der Waals surface area contributed by atoms with E-state index in [1.165, 1.54) is 12.1 Å². The molecule has 0 bridgehead atoms. The maximum Gasteiger partial charge on any atom is 0.150 e. The second-order valence-electron chi connectivity index (χ2n) is 5.98. The Labute approximate surface area is 127 Å². The van der Waals surface area contributed by atoms with Gasteiger partial charge in [-0.1, -0.05) is 22.0 Å². The van der Waals surface area contributed by atoms with Crippen LogP contribution >= 0.6 is 15.9 Å². The minimum absolute atomic E-state index is 0.00389. The van der Waals surface area contributed by atoms with Gasteiger partial charge in [0.2, 0.25) is 0 Å². The smallest absolute Gasteiger partial charge is 0.150 e. The number of halogens is 2. The van der Waals surface area contributed by atoms with Crippen molar-refractivity contribution in [2.24, 2.45) is 11.3 Å². The molecule has 2 heterocycles. The third-order valence-corrected chi connectivity index (χ3v) is 7.12. The van der Waals surface area contributed by atoms with Crippen LogP contribution in [0.3, 0.4) is 0 Å². The third kappa shape index (κ3) is 2.65. The zero-order valence-corrected chi connectivity index (χ0v) is 13.4. The molecule has 0 radical (unpaired) electrons. The van der Waals surface area contributed by atoms with Crippen LogP contribution in [0.1, 0.15) is 12.0 Å². The Balaban J connectivity index is 1.83. The van der Waals surface area contributed by atoms with Crippen molar-refractivity contribution in [2.45, 2.75) is 12.8 Å². The van der Waals surface area contributed by atoms with Gasteiger partial charge in [0.25, 0.3) is 0 Å². The molecule has 2 saturated heterocycles. The third-order valence-electron chi connectivity index (χ3n) is 4.61. The molecule has 1 aromatic rings. The van der Waals surface area contributed by atoms with Crippen LogP contribution in [-0.2, 0) is 16.3 Å². The van der Waals surface area contributed by atoms with Crippen molar-refractivity contribution < 1.29 is 12.8 Å². The summed E-state index contributed by atoms with van der Waals surface area (Å²) in [7, 11) is -2.86. The summed E-state index contributed by atoms with van der Waals surface area (Å²) in [6.07, 6.45) is 1.55. The summed E-state index contributed by atoms with van der Waals surface area (Å²) in [5, 5.41) is 3.27. The van der Waals surface area contributed by atoms with E-state index in [1.807, 2.05) is 0 Å². The van der Waals surface area contributed by atoms with Crippen molar-refractivity contribution >= 4 is 25.8 Å². The van der Waals surface area contributed by atoms with Gasteiger partial charge in [0.05, 0.1) is 11.5 Å². The van der Waals surface area contributed by atoms with E-state index in [0.717, 1.165) is 36.0 Å². The van der Waals surface area contributed by atoms with Gasteiger partial charge in [-0.25, -0.2) is 12.8 Å². The average molecular weight is 362 g/mol. The number of sulfone groups is 1. The van der Waals surface area contributed by atoms with Gasteiger partial charge in [-0.3, -0.25) is 0 Å². The van der Waals surface area contributed by atoms with Gasteiger partial charge in [0.1, 0.15) is 5.82 Å². The Hall–Kier alpha value is -0.460. The summed E-state index contributed by atoms with van der Waals surface area (Å²) < 4.78 is 37.4. The number of rotatable bonds is 3. The van der Waals surface area contributed by atoms with Crippen molar-refractivity contribution in [2.75, 3.05) is 24.6 Å². The van der Waals surface area contributed by atoms with Crippen molar-refractivity contribution in [1.82, 2.24) is 5.32 Å². The molecule has 0 aliphatic carbocycles. The van der Waals surface area contributed by atoms with Gasteiger partial charge in [-0.05, 0) is 36.5 Å². The lowest BCUT2D eigenvalue weighted by atomic mass is 9.67. The Morgan fingerprint density at radius 3 is 2.65 bits per heavy atom. The molecule has 3 rings (SSSR count). The molecular weight excluding hydrogens is 345 g/mol. The molecule has 110 valence electrons. The molecule has 2 aliphatic rings. The Morgan fingerprint density at radius 1 is 1.40 bits per heavy atom. The minimum Gasteiger partial charge on any atom is -0.315 e. The number of benzene rings is 1. The first-order valence-electron chi connectivity index (χ1n) is 6.75. The molecule has 1 N–H and O–H groups in total. The summed E-state index contributed by atoms with van der Waals surface area (Å²) in [6, 6.07) is 4.73. The monoisotopic (exact) mass is 361 g/mol. The predicted molar refractivity (Wildman–Crippen MR) is 79.9 cm³/mol. The second-order valence-corrected chi connectivity index (χ2v) is 9.06. The van der Waals surface area contributed by atoms with Crippen LogP contribution in [0.2, 0.25) is 0 Å². The van der Waals surface area contributed by atoms with E-state index < -0.39 is 9.84 Å². The lowest BCUT2D eigenvalue weighted by Gasteiger charge is -2.47. The lowest BCUT2D eigenvalue weighted by Crippen LogP contribution is -2.59. The van der Waals surface area contributed by atoms with Gasteiger partial charge in [-0.2, -0.15) is 0 Å². The van der Waals surface area contributed by atoms with Crippen LogP contribution in [0.4, 0.5) is 4.39 Å². The molecule has 2 aliphatic heterocycles. The van der Waals surface area contributed by atoms with Crippen LogP contribution < -0.4 is 5.32 Å². The number of hydrogen-bond acceptors (Lipinski definition) is 3. The largest absolute Gasteiger partial charge is 0.315 e. The summed E-state index contributed by atoms with van der Waals surface area (Å²) >= 11 is 3.41. The number of nitrogens with one attached hydrogen (secondary N) is 1. The molecule has 0 spiro atoms. The minimum atomic E-state index is -2.86. The van der Waals surface area contributed by atoms with Gasteiger partial charge < -0.3 is 5.32 Å². The van der Waals surface area contributed by atoms with Gasteiger partial charge >= 0.3 is 0 Å². The average Bonchev–Trinajstić information content (AvgIpc) is 2.67. The highest BCUT2D eigenvalue weighted by atomic mass is 79.9. The zero-order valence-electron chi connectivity index (χ0n) is 11.0. The Morgan fingerprint density at radius 2 is 2.15 bits per heavy atom. The molecule has 1 aromatic carbocycles. The molecule has 1 unspecified atom stereocenters. The van der Waals surface area contributed by atoms with Gasteiger partial charge in [-0.15, -0.1) is 0 Å². The highest BCUT2D eigenvalue weighted by Gasteiger charge is 2.48. The fourth-order valence-corrected chi connectivity index (χ4v) is 5.76. The van der Waals surface area contributed by atoms with Crippen LogP contribution in [-0.4, -0.2) is 33.0 Å². The molecule has 20 heavy (non-hydrogen) atoms. The Bertz CT molecular complexity index is 628. The highest BCUT2D eigenvalue weighted by Crippen LogP contribution is 2.42. The van der Waals surface area contributed by atoms with E-state index in [-0.39, 0.29) is 17.2 Å². The maximum atomic E-state index is 13.2. The molecule has 0 saturated carbocycles. The van der Waals surface area contributed by atoms with Crippen LogP contribution in [0.5, 0.6) is 0 Å². The SMILES string of the molecule is O=S1(=O)CCC(C2(Cc3ccc(F)cc3Br)CNC2)C1. The summed E-state index contributed by atoms with van der Waals surface area (Å²) in [5.41, 5.74) is 1.06. The lowest BCUT2D eigenvalue weighted by molar-refractivity contribution is 0.0922. The summed E-state index contributed by atoms with van der Waals surface area (Å²) in [5.74, 6) is 0.563. The van der Waals surface area contributed by atoms with Crippen LogP contribution in [0, 0.1) is 17.2 Å². The second kappa shape index (κ2) is 5.07. The summed E-state index contributed by atoms with van der Waals surface area (Å²) in [4.78, 5) is 0. The fourth-order valence-electron chi connectivity index (χ4n) is 3.33. The maximum absolute atomic E-state index is 13.2. The molecule has 6 heteroatoms. The fraction of sp³-hybridized carbons (Fsp3) is 0.571. The van der Waals surface area contributed by atoms with E-state index in [4.69, 9.17) is 0 Å². The van der Waals surface area contributed by atoms with E-state index in [9.17, 15) is 12.8 Å². The predicted octanol–water partition coefficient (Wildman–Crippen LogP) is 2.16. The van der Waals surface area contributed by atoms with E-state index in [1.54, 1.807) is 6.07 Å². The first-order valence-corrected chi connectivity index (χ1v) is 9.37. The first kappa shape index (κ1) is 14.5. The quantitative estimate of drug-likeness (QED) is 0.897. The standard InChI is InChI=1S/C14H17BrFNO2S/c15-13-5-12(16)2-1-10(13)6-14(8-17-9-14)11-3-4-20(18,19)7-11/h1-2,5,11,17H,3-4,6-9H2. The molecule has 1 atom stereocenters. The first-order chi connectivity index (χ1) is 9.40. The van der Waals surface area contributed by atoms with E-state index in [2.05, 4.69) is 21.2 Å². The van der Waals surface area contributed by atoms with E-state index >= 15 is 0 Å². The van der Waals surface area contributed by atoms with Crippen molar-refractivity contribution in [3.63, 3.8) is 0 Å². The highest BCUT2D eigenvalue weighted by molar-refractivity contribution is 9.10. The van der Waals surface area contributed by atoms with Crippen LogP contribution in [0.15, 0.2) is 22.7 Å². The van der Waals surface area contributed by atoms with Crippen LogP contribution in [0.25, 0.3) is 0 Å². The summed E-state index contributed by atoms with van der Waals surface area (Å²) in [6.45, 7) is 1.69. The molecule has 0 aromatic heterocycles. The molecule has 0 amide bonds. The normalized spacial score (nSPS) is 27.2. The van der Waals surface area contributed by atoms with Crippen molar-refractivity contribution in [1.29, 1.82) is 0 Å². The number of hydrogen-bond donors (Lipinski definition) is 1. The molecule has 2 fully saturated rings. The Kier molecular flexibility index (Phi) is 3.67. The molecular formula is C14H17BrFNO2S. The topological polar surface area (TPSA) is 46.2 Å². The van der Waals surface area contributed by atoms with Gasteiger partial charge in [0.15, 0.2) is 9.84 Å². The molecule has 3 nitrogen and oxygen atoms in total. The van der Waals surface area contributed by atoms with Crippen molar-refractivity contribution in [3.8, 4) is 0 Å². The van der Waals surface area contributed by atoms with Gasteiger partial charge in [0, 0.05) is 23.0 Å². The van der Waals surface area contributed by atoms with Crippen molar-refractivity contribution in [3.05, 3.63) is 34.1 Å². The van der Waals surface area contributed by atoms with E-state index in [0.29, 0.717) is 11.5 Å².